The first-order chi connectivity index (χ1) is 14.5. The van der Waals surface area contributed by atoms with Crippen molar-refractivity contribution in [2.24, 2.45) is 4.99 Å². The Labute approximate surface area is 181 Å². The van der Waals surface area contributed by atoms with Gasteiger partial charge < -0.3 is 19.9 Å². The van der Waals surface area contributed by atoms with E-state index in [2.05, 4.69) is 47.7 Å². The highest BCUT2D eigenvalue weighted by Gasteiger charge is 2.29. The lowest BCUT2D eigenvalue weighted by atomic mass is 10.1. The summed E-state index contributed by atoms with van der Waals surface area (Å²) in [7, 11) is 0. The van der Waals surface area contributed by atoms with Crippen LogP contribution in [0.5, 0.6) is 0 Å². The van der Waals surface area contributed by atoms with E-state index in [0.29, 0.717) is 12.6 Å². The molecule has 2 aliphatic rings. The summed E-state index contributed by atoms with van der Waals surface area (Å²) < 4.78 is 19.5. The van der Waals surface area contributed by atoms with Crippen LogP contribution in [0, 0.1) is 5.82 Å². The molecule has 1 aromatic carbocycles. The second-order valence-electron chi connectivity index (χ2n) is 8.41. The molecule has 6 nitrogen and oxygen atoms in total. The topological polar surface area (TPSA) is 43.3 Å². The summed E-state index contributed by atoms with van der Waals surface area (Å²) in [5, 5.41) is 3.46. The maximum atomic E-state index is 13.3. The van der Waals surface area contributed by atoms with Gasteiger partial charge in [0.1, 0.15) is 11.9 Å². The molecule has 30 heavy (non-hydrogen) atoms. The molecule has 0 saturated carbocycles. The molecule has 0 radical (unpaired) electrons. The Morgan fingerprint density at radius 2 is 1.87 bits per heavy atom. The van der Waals surface area contributed by atoms with E-state index >= 15 is 0 Å². The minimum Gasteiger partial charge on any atom is -0.367 e. The monoisotopic (exact) mass is 419 g/mol. The van der Waals surface area contributed by atoms with Crippen molar-refractivity contribution in [2.45, 2.75) is 45.9 Å². The van der Waals surface area contributed by atoms with Gasteiger partial charge in [0.15, 0.2) is 5.96 Å². The summed E-state index contributed by atoms with van der Waals surface area (Å²) >= 11 is 0. The van der Waals surface area contributed by atoms with Crippen molar-refractivity contribution in [3.05, 3.63) is 35.6 Å². The molecule has 2 saturated heterocycles. The lowest BCUT2D eigenvalue weighted by molar-refractivity contribution is -0.0605. The summed E-state index contributed by atoms with van der Waals surface area (Å²) in [6.45, 7) is 17.5. The lowest BCUT2D eigenvalue weighted by Gasteiger charge is -2.39. The number of halogens is 1. The molecule has 1 N–H and O–H groups in total. The number of piperazine rings is 1. The van der Waals surface area contributed by atoms with Gasteiger partial charge in [-0.05, 0) is 45.0 Å². The van der Waals surface area contributed by atoms with Crippen molar-refractivity contribution in [1.82, 2.24) is 20.0 Å². The normalized spacial score (nSPS) is 25.4. The summed E-state index contributed by atoms with van der Waals surface area (Å²) in [5.41, 5.74) is 1.01. The van der Waals surface area contributed by atoms with Crippen LogP contribution in [-0.2, 0) is 4.74 Å². The van der Waals surface area contributed by atoms with E-state index in [1.807, 2.05) is 12.1 Å². The van der Waals surface area contributed by atoms with Gasteiger partial charge in [0.25, 0.3) is 0 Å². The fourth-order valence-electron chi connectivity index (χ4n) is 4.27. The highest BCUT2D eigenvalue weighted by molar-refractivity contribution is 5.80. The largest absolute Gasteiger partial charge is 0.367 e. The van der Waals surface area contributed by atoms with Crippen LogP contribution in [0.4, 0.5) is 4.39 Å². The minimum atomic E-state index is -0.219. The number of likely N-dealkylation sites (N-methyl/N-ethyl adjacent to an activating group) is 1. The first-order valence-corrected chi connectivity index (χ1v) is 11.4. The number of rotatable bonds is 6. The van der Waals surface area contributed by atoms with Gasteiger partial charge in [-0.2, -0.15) is 0 Å². The first kappa shape index (κ1) is 23.0. The van der Waals surface area contributed by atoms with Gasteiger partial charge in [0.2, 0.25) is 0 Å². The van der Waals surface area contributed by atoms with Crippen LogP contribution < -0.4 is 5.32 Å². The van der Waals surface area contributed by atoms with Crippen LogP contribution in [0.2, 0.25) is 0 Å². The number of benzene rings is 1. The molecule has 3 atom stereocenters. The van der Waals surface area contributed by atoms with Crippen LogP contribution in [0.3, 0.4) is 0 Å². The number of aliphatic imine (C=N–C) groups is 1. The van der Waals surface area contributed by atoms with Crippen LogP contribution in [0.15, 0.2) is 29.3 Å². The Morgan fingerprint density at radius 1 is 1.17 bits per heavy atom. The summed E-state index contributed by atoms with van der Waals surface area (Å²) in [6, 6.07) is 7.06. The van der Waals surface area contributed by atoms with E-state index < -0.39 is 0 Å². The molecule has 2 heterocycles. The van der Waals surface area contributed by atoms with Gasteiger partial charge in [-0.1, -0.05) is 19.1 Å². The second kappa shape index (κ2) is 11.1. The van der Waals surface area contributed by atoms with Crippen LogP contribution >= 0.6 is 0 Å². The highest BCUT2D eigenvalue weighted by atomic mass is 19.1. The summed E-state index contributed by atoms with van der Waals surface area (Å²) in [5.74, 6) is 0.724. The van der Waals surface area contributed by atoms with Gasteiger partial charge in [0.05, 0.1) is 19.2 Å². The number of nitrogens with zero attached hydrogens (tertiary/aromatic N) is 4. The smallest absolute Gasteiger partial charge is 0.194 e. The molecule has 0 spiro atoms. The molecule has 2 fully saturated rings. The number of hydrogen-bond donors (Lipinski definition) is 1. The Bertz CT molecular complexity index is 675. The summed E-state index contributed by atoms with van der Waals surface area (Å²) in [4.78, 5) is 12.3. The van der Waals surface area contributed by atoms with Crippen LogP contribution in [-0.4, -0.2) is 91.7 Å². The van der Waals surface area contributed by atoms with E-state index in [0.717, 1.165) is 63.9 Å². The Morgan fingerprint density at radius 3 is 2.50 bits per heavy atom. The average Bonchev–Trinajstić information content (AvgIpc) is 2.76. The second-order valence-corrected chi connectivity index (χ2v) is 8.41. The molecule has 1 aromatic rings. The van der Waals surface area contributed by atoms with E-state index in [-0.39, 0.29) is 18.0 Å². The fourth-order valence-corrected chi connectivity index (χ4v) is 4.27. The predicted molar refractivity (Wildman–Crippen MR) is 120 cm³/mol. The molecule has 2 aliphatic heterocycles. The molecule has 168 valence electrons. The van der Waals surface area contributed by atoms with E-state index in [1.165, 1.54) is 12.1 Å². The van der Waals surface area contributed by atoms with E-state index in [9.17, 15) is 4.39 Å². The average molecular weight is 420 g/mol. The Balaban J connectivity index is 1.64. The third kappa shape index (κ3) is 6.15. The molecule has 0 bridgehead atoms. The zero-order valence-electron chi connectivity index (χ0n) is 19.0. The van der Waals surface area contributed by atoms with Crippen molar-refractivity contribution in [1.29, 1.82) is 0 Å². The van der Waals surface area contributed by atoms with Crippen molar-refractivity contribution in [2.75, 3.05) is 58.9 Å². The third-order valence-electron chi connectivity index (χ3n) is 6.12. The van der Waals surface area contributed by atoms with Crippen molar-refractivity contribution >= 4 is 5.96 Å². The van der Waals surface area contributed by atoms with Gasteiger partial charge in [-0.15, -0.1) is 0 Å². The maximum absolute atomic E-state index is 13.3. The minimum absolute atomic E-state index is 0.0807. The van der Waals surface area contributed by atoms with Gasteiger partial charge in [-0.3, -0.25) is 9.89 Å². The Hall–Kier alpha value is -1.70. The predicted octanol–water partition coefficient (Wildman–Crippen LogP) is 2.58. The zero-order chi connectivity index (χ0) is 21.5. The molecule has 3 rings (SSSR count). The maximum Gasteiger partial charge on any atom is 0.194 e. The molecule has 7 heteroatoms. The lowest BCUT2D eigenvalue weighted by Crippen LogP contribution is -2.52. The molecule has 0 aliphatic carbocycles. The molecule has 0 amide bonds. The van der Waals surface area contributed by atoms with E-state index in [4.69, 9.17) is 9.73 Å². The van der Waals surface area contributed by atoms with Crippen LogP contribution in [0.25, 0.3) is 0 Å². The standard InChI is InChI=1S/C23H38FN5O/c1-5-25-23(26-15-18(3)28-13-11-27(6-2)12-14-28)29-16-19(4)30-22(17-29)20-7-9-21(24)10-8-20/h7-10,18-19,22H,5-6,11-17H2,1-4H3,(H,25,26). The fraction of sp³-hybridized carbons (Fsp3) is 0.696. The van der Waals surface area contributed by atoms with Crippen molar-refractivity contribution in [3.63, 3.8) is 0 Å². The molecular weight excluding hydrogens is 381 g/mol. The molecular formula is C23H38FN5O. The quantitative estimate of drug-likeness (QED) is 0.567. The van der Waals surface area contributed by atoms with Crippen molar-refractivity contribution in [3.8, 4) is 0 Å². The van der Waals surface area contributed by atoms with Gasteiger partial charge in [-0.25, -0.2) is 4.39 Å². The number of hydrogen-bond acceptors (Lipinski definition) is 4. The van der Waals surface area contributed by atoms with Gasteiger partial charge >= 0.3 is 0 Å². The van der Waals surface area contributed by atoms with E-state index in [1.54, 1.807) is 0 Å². The number of guanidine groups is 1. The molecule has 3 unspecified atom stereocenters. The number of ether oxygens (including phenoxy) is 1. The SMILES string of the molecule is CCNC(=NCC(C)N1CCN(CC)CC1)N1CC(C)OC(c2ccc(F)cc2)C1. The summed E-state index contributed by atoms with van der Waals surface area (Å²) in [6.07, 6.45) is -0.00467. The third-order valence-corrected chi connectivity index (χ3v) is 6.12. The molecule has 0 aromatic heterocycles. The zero-order valence-corrected chi connectivity index (χ0v) is 19.0. The van der Waals surface area contributed by atoms with Gasteiger partial charge in [0, 0.05) is 45.3 Å². The number of nitrogens with one attached hydrogen (secondary N) is 1. The Kier molecular flexibility index (Phi) is 8.48. The number of morpholine rings is 1. The highest BCUT2D eigenvalue weighted by Crippen LogP contribution is 2.25. The van der Waals surface area contributed by atoms with Crippen molar-refractivity contribution < 1.29 is 9.13 Å². The van der Waals surface area contributed by atoms with Crippen LogP contribution in [0.1, 0.15) is 39.4 Å². The first-order valence-electron chi connectivity index (χ1n) is 11.4.